The first-order chi connectivity index (χ1) is 9.65. The predicted molar refractivity (Wildman–Crippen MR) is 82.9 cm³/mol. The van der Waals surface area contributed by atoms with Gasteiger partial charge in [0.15, 0.2) is 0 Å². The lowest BCUT2D eigenvalue weighted by molar-refractivity contribution is -0.117. The second-order valence-electron chi connectivity index (χ2n) is 4.64. The number of carbonyl (C=O) groups is 1. The molecule has 1 atom stereocenters. The Labute approximate surface area is 119 Å². The minimum atomic E-state index is -0.122. The molecule has 1 amide bonds. The van der Waals surface area contributed by atoms with Crippen LogP contribution >= 0.6 is 0 Å². The Bertz CT molecular complexity index is 605. The number of anilines is 1. The quantitative estimate of drug-likeness (QED) is 0.659. The number of hydrogen-bond donors (Lipinski definition) is 2. The van der Waals surface area contributed by atoms with Crippen LogP contribution in [0, 0.1) is 0 Å². The molecule has 2 aromatic carbocycles. The molecule has 0 bridgehead atoms. The Morgan fingerprint density at radius 3 is 2.60 bits per heavy atom. The normalized spacial score (nSPS) is 12.2. The van der Waals surface area contributed by atoms with Gasteiger partial charge in [-0.2, -0.15) is 0 Å². The summed E-state index contributed by atoms with van der Waals surface area (Å²) in [6.07, 6.45) is 3.28. The largest absolute Gasteiger partial charge is 0.399 e. The molecule has 3 nitrogen and oxygen atoms in total. The van der Waals surface area contributed by atoms with E-state index in [0.717, 1.165) is 11.1 Å². The van der Waals surface area contributed by atoms with Gasteiger partial charge in [-0.1, -0.05) is 42.5 Å². The van der Waals surface area contributed by atoms with Crippen LogP contribution in [-0.4, -0.2) is 5.91 Å². The van der Waals surface area contributed by atoms with Gasteiger partial charge >= 0.3 is 0 Å². The molecular formula is C17H18N2O. The highest BCUT2D eigenvalue weighted by Gasteiger charge is 2.06. The maximum Gasteiger partial charge on any atom is 0.244 e. The number of nitrogens with one attached hydrogen (secondary N) is 1. The first kappa shape index (κ1) is 13.9. The number of nitrogens with two attached hydrogens (primary N) is 1. The third-order valence-corrected chi connectivity index (χ3v) is 3.00. The number of hydrogen-bond acceptors (Lipinski definition) is 2. The molecule has 0 spiro atoms. The van der Waals surface area contributed by atoms with Crippen molar-refractivity contribution in [1.29, 1.82) is 0 Å². The molecular weight excluding hydrogens is 248 g/mol. The van der Waals surface area contributed by atoms with Gasteiger partial charge in [0.1, 0.15) is 0 Å². The van der Waals surface area contributed by atoms with E-state index in [1.165, 1.54) is 6.08 Å². The SMILES string of the molecule is C[C@@H](NC(=O)/C=C/c1cccc(N)c1)c1ccccc1. The molecule has 0 aliphatic carbocycles. The van der Waals surface area contributed by atoms with E-state index in [1.54, 1.807) is 6.08 Å². The monoisotopic (exact) mass is 266 g/mol. The first-order valence-electron chi connectivity index (χ1n) is 6.54. The summed E-state index contributed by atoms with van der Waals surface area (Å²) in [6, 6.07) is 17.2. The molecule has 2 aromatic rings. The number of benzene rings is 2. The topological polar surface area (TPSA) is 55.1 Å². The van der Waals surface area contributed by atoms with Crippen LogP contribution in [0.1, 0.15) is 24.1 Å². The number of nitrogen functional groups attached to an aromatic ring is 1. The standard InChI is InChI=1S/C17H18N2O/c1-13(15-7-3-2-4-8-15)19-17(20)11-10-14-6-5-9-16(18)12-14/h2-13H,18H2,1H3,(H,19,20)/b11-10+/t13-/m1/s1. The van der Waals surface area contributed by atoms with Gasteiger partial charge in [-0.05, 0) is 36.3 Å². The van der Waals surface area contributed by atoms with Crippen LogP contribution in [-0.2, 0) is 4.79 Å². The van der Waals surface area contributed by atoms with Crippen molar-refractivity contribution in [1.82, 2.24) is 5.32 Å². The minimum absolute atomic E-state index is 0.0193. The molecule has 20 heavy (non-hydrogen) atoms. The van der Waals surface area contributed by atoms with Gasteiger partial charge in [0.05, 0.1) is 6.04 Å². The molecule has 0 aliphatic heterocycles. The molecule has 3 heteroatoms. The van der Waals surface area contributed by atoms with Gasteiger partial charge in [0.2, 0.25) is 5.91 Å². The van der Waals surface area contributed by atoms with E-state index in [4.69, 9.17) is 5.73 Å². The Kier molecular flexibility index (Phi) is 4.56. The van der Waals surface area contributed by atoms with Gasteiger partial charge in [-0.3, -0.25) is 4.79 Å². The lowest BCUT2D eigenvalue weighted by atomic mass is 10.1. The van der Waals surface area contributed by atoms with Crippen molar-refractivity contribution in [2.45, 2.75) is 13.0 Å². The maximum absolute atomic E-state index is 11.9. The summed E-state index contributed by atoms with van der Waals surface area (Å²) in [7, 11) is 0. The van der Waals surface area contributed by atoms with Crippen LogP contribution < -0.4 is 11.1 Å². The van der Waals surface area contributed by atoms with Crippen molar-refractivity contribution >= 4 is 17.7 Å². The lowest BCUT2D eigenvalue weighted by Gasteiger charge is -2.12. The third kappa shape index (κ3) is 3.99. The van der Waals surface area contributed by atoms with Gasteiger partial charge in [0, 0.05) is 11.8 Å². The molecule has 0 aliphatic rings. The molecule has 0 unspecified atom stereocenters. The van der Waals surface area contributed by atoms with E-state index < -0.39 is 0 Å². The fourth-order valence-electron chi connectivity index (χ4n) is 1.92. The molecule has 3 N–H and O–H groups in total. The van der Waals surface area contributed by atoms with Crippen LogP contribution in [0.15, 0.2) is 60.7 Å². The zero-order valence-electron chi connectivity index (χ0n) is 11.4. The fourth-order valence-corrected chi connectivity index (χ4v) is 1.92. The minimum Gasteiger partial charge on any atom is -0.399 e. The molecule has 2 rings (SSSR count). The molecule has 0 aromatic heterocycles. The zero-order chi connectivity index (χ0) is 14.4. The van der Waals surface area contributed by atoms with E-state index in [9.17, 15) is 4.79 Å². The van der Waals surface area contributed by atoms with Crippen molar-refractivity contribution in [2.24, 2.45) is 0 Å². The first-order valence-corrected chi connectivity index (χ1v) is 6.54. The van der Waals surface area contributed by atoms with Gasteiger partial charge < -0.3 is 11.1 Å². The van der Waals surface area contributed by atoms with Gasteiger partial charge in [0.25, 0.3) is 0 Å². The Morgan fingerprint density at radius 2 is 1.90 bits per heavy atom. The molecule has 0 radical (unpaired) electrons. The Balaban J connectivity index is 1.96. The third-order valence-electron chi connectivity index (χ3n) is 3.00. The van der Waals surface area contributed by atoms with Crippen molar-refractivity contribution in [3.63, 3.8) is 0 Å². The summed E-state index contributed by atoms with van der Waals surface area (Å²) in [4.78, 5) is 11.9. The number of rotatable bonds is 4. The second kappa shape index (κ2) is 6.57. The lowest BCUT2D eigenvalue weighted by Crippen LogP contribution is -2.24. The molecule has 0 heterocycles. The van der Waals surface area contributed by atoms with E-state index in [2.05, 4.69) is 5.32 Å². The average molecular weight is 266 g/mol. The second-order valence-corrected chi connectivity index (χ2v) is 4.64. The van der Waals surface area contributed by atoms with Crippen molar-refractivity contribution < 1.29 is 4.79 Å². The number of amides is 1. The Hall–Kier alpha value is -2.55. The number of carbonyl (C=O) groups excluding carboxylic acids is 1. The van der Waals surface area contributed by atoms with E-state index in [0.29, 0.717) is 5.69 Å². The molecule has 0 saturated carbocycles. The van der Waals surface area contributed by atoms with Gasteiger partial charge in [-0.15, -0.1) is 0 Å². The maximum atomic E-state index is 11.9. The summed E-state index contributed by atoms with van der Waals surface area (Å²) in [5, 5.41) is 2.92. The highest BCUT2D eigenvalue weighted by molar-refractivity contribution is 5.92. The van der Waals surface area contributed by atoms with Crippen molar-refractivity contribution in [3.05, 3.63) is 71.8 Å². The summed E-state index contributed by atoms with van der Waals surface area (Å²) in [5.74, 6) is -0.122. The predicted octanol–water partition coefficient (Wildman–Crippen LogP) is 3.16. The Morgan fingerprint density at radius 1 is 1.15 bits per heavy atom. The molecule has 0 saturated heterocycles. The van der Waals surface area contributed by atoms with Crippen LogP contribution in [0.3, 0.4) is 0 Å². The fraction of sp³-hybridized carbons (Fsp3) is 0.118. The summed E-state index contributed by atoms with van der Waals surface area (Å²) >= 11 is 0. The molecule has 0 fully saturated rings. The zero-order valence-corrected chi connectivity index (χ0v) is 11.4. The van der Waals surface area contributed by atoms with E-state index in [1.807, 2.05) is 61.5 Å². The smallest absolute Gasteiger partial charge is 0.244 e. The van der Waals surface area contributed by atoms with Crippen LogP contribution in [0.5, 0.6) is 0 Å². The van der Waals surface area contributed by atoms with Crippen molar-refractivity contribution in [3.8, 4) is 0 Å². The van der Waals surface area contributed by atoms with Crippen molar-refractivity contribution in [2.75, 3.05) is 5.73 Å². The highest BCUT2D eigenvalue weighted by atomic mass is 16.1. The van der Waals surface area contributed by atoms with Gasteiger partial charge in [-0.25, -0.2) is 0 Å². The summed E-state index contributed by atoms with van der Waals surface area (Å²) in [5.41, 5.74) is 8.36. The van der Waals surface area contributed by atoms with Crippen LogP contribution in [0.4, 0.5) is 5.69 Å². The van der Waals surface area contributed by atoms with E-state index >= 15 is 0 Å². The van der Waals surface area contributed by atoms with Crippen LogP contribution in [0.2, 0.25) is 0 Å². The summed E-state index contributed by atoms with van der Waals surface area (Å²) in [6.45, 7) is 1.96. The highest BCUT2D eigenvalue weighted by Crippen LogP contribution is 2.11. The van der Waals surface area contributed by atoms with Crippen LogP contribution in [0.25, 0.3) is 6.08 Å². The average Bonchev–Trinajstić information content (AvgIpc) is 2.46. The molecule has 102 valence electrons. The van der Waals surface area contributed by atoms with E-state index in [-0.39, 0.29) is 11.9 Å². The summed E-state index contributed by atoms with van der Waals surface area (Å²) < 4.78 is 0.